The Kier molecular flexibility index (Phi) is 4.07. The first-order chi connectivity index (χ1) is 10.3. The molecule has 1 N–H and O–H groups in total. The summed E-state index contributed by atoms with van der Waals surface area (Å²) in [7, 11) is 0. The molecule has 0 aliphatic heterocycles. The summed E-state index contributed by atoms with van der Waals surface area (Å²) < 4.78 is 5.74. The first kappa shape index (κ1) is 13.5. The summed E-state index contributed by atoms with van der Waals surface area (Å²) in [5, 5.41) is 0.939. The number of ether oxygens (including phenoxy) is 1. The van der Waals surface area contributed by atoms with Crippen LogP contribution in [-0.2, 0) is 0 Å². The zero-order chi connectivity index (χ0) is 14.5. The van der Waals surface area contributed by atoms with Crippen molar-refractivity contribution < 1.29 is 9.53 Å². The van der Waals surface area contributed by atoms with Crippen LogP contribution >= 0.6 is 11.8 Å². The molecule has 3 nitrogen and oxygen atoms in total. The van der Waals surface area contributed by atoms with Gasteiger partial charge in [-0.15, -0.1) is 0 Å². The second kappa shape index (κ2) is 6.33. The van der Waals surface area contributed by atoms with Gasteiger partial charge in [-0.1, -0.05) is 30.0 Å². The van der Waals surface area contributed by atoms with Crippen molar-refractivity contribution >= 4 is 18.0 Å². The zero-order valence-corrected chi connectivity index (χ0v) is 12.0. The number of aromatic amines is 1. The average molecular weight is 295 g/mol. The lowest BCUT2D eigenvalue weighted by Crippen LogP contribution is -1.83. The molecule has 0 fully saturated rings. The third-order valence-electron chi connectivity index (χ3n) is 2.84. The van der Waals surface area contributed by atoms with Crippen molar-refractivity contribution in [2.45, 2.75) is 9.92 Å². The number of nitrogens with one attached hydrogen (secondary N) is 1. The maximum Gasteiger partial charge on any atom is 0.166 e. The fourth-order valence-electron chi connectivity index (χ4n) is 1.85. The van der Waals surface area contributed by atoms with Gasteiger partial charge in [0.15, 0.2) is 6.29 Å². The Morgan fingerprint density at radius 1 is 0.857 bits per heavy atom. The third-order valence-corrected chi connectivity index (χ3v) is 3.81. The van der Waals surface area contributed by atoms with E-state index < -0.39 is 0 Å². The SMILES string of the molecule is O=Cc1ccc(Sc2ccc(Oc3ccccc3)cc2)[nH]1. The Morgan fingerprint density at radius 2 is 1.57 bits per heavy atom. The highest BCUT2D eigenvalue weighted by Gasteiger charge is 2.02. The second-order valence-corrected chi connectivity index (χ2v) is 5.50. The summed E-state index contributed by atoms with van der Waals surface area (Å²) >= 11 is 1.57. The minimum absolute atomic E-state index is 0.585. The maximum absolute atomic E-state index is 10.6. The molecule has 3 rings (SSSR count). The number of benzene rings is 2. The molecule has 0 amide bonds. The van der Waals surface area contributed by atoms with Crippen LogP contribution in [0.5, 0.6) is 11.5 Å². The third kappa shape index (κ3) is 3.55. The van der Waals surface area contributed by atoms with E-state index in [1.165, 1.54) is 0 Å². The normalized spacial score (nSPS) is 10.3. The van der Waals surface area contributed by atoms with Gasteiger partial charge in [-0.2, -0.15) is 0 Å². The molecule has 0 bridgehead atoms. The molecule has 4 heteroatoms. The fourth-order valence-corrected chi connectivity index (χ4v) is 2.68. The van der Waals surface area contributed by atoms with E-state index in [4.69, 9.17) is 4.74 Å². The number of aromatic nitrogens is 1. The Labute approximate surface area is 127 Å². The van der Waals surface area contributed by atoms with E-state index in [1.54, 1.807) is 17.8 Å². The highest BCUT2D eigenvalue weighted by Crippen LogP contribution is 2.29. The summed E-state index contributed by atoms with van der Waals surface area (Å²) in [4.78, 5) is 14.7. The average Bonchev–Trinajstić information content (AvgIpc) is 2.98. The van der Waals surface area contributed by atoms with Gasteiger partial charge in [0.2, 0.25) is 0 Å². The van der Waals surface area contributed by atoms with E-state index >= 15 is 0 Å². The molecule has 2 aromatic carbocycles. The van der Waals surface area contributed by atoms with Crippen LogP contribution in [0.3, 0.4) is 0 Å². The summed E-state index contributed by atoms with van der Waals surface area (Å²) in [6, 6.07) is 21.2. The van der Waals surface area contributed by atoms with Crippen LogP contribution in [0.1, 0.15) is 10.5 Å². The van der Waals surface area contributed by atoms with E-state index in [0.717, 1.165) is 27.7 Å². The standard InChI is InChI=1S/C17H13NO2S/c19-12-13-6-11-17(18-13)21-16-9-7-15(8-10-16)20-14-4-2-1-3-5-14/h1-12,18H. The smallest absolute Gasteiger partial charge is 0.166 e. The molecule has 0 unspecified atom stereocenters. The van der Waals surface area contributed by atoms with Gasteiger partial charge in [0, 0.05) is 4.90 Å². The highest BCUT2D eigenvalue weighted by atomic mass is 32.2. The molecule has 0 aliphatic carbocycles. The Bertz CT molecular complexity index is 720. The van der Waals surface area contributed by atoms with E-state index in [1.807, 2.05) is 60.7 Å². The van der Waals surface area contributed by atoms with Crippen LogP contribution in [0.15, 0.2) is 76.7 Å². The van der Waals surface area contributed by atoms with Gasteiger partial charge in [-0.25, -0.2) is 0 Å². The van der Waals surface area contributed by atoms with Crippen LogP contribution in [0.2, 0.25) is 0 Å². The molecule has 104 valence electrons. The van der Waals surface area contributed by atoms with E-state index in [2.05, 4.69) is 4.98 Å². The number of carbonyl (C=O) groups excluding carboxylic acids is 1. The van der Waals surface area contributed by atoms with Gasteiger partial charge in [0.05, 0.1) is 10.7 Å². The maximum atomic E-state index is 10.6. The first-order valence-electron chi connectivity index (χ1n) is 6.48. The number of aldehydes is 1. The summed E-state index contributed by atoms with van der Waals surface area (Å²) in [6.45, 7) is 0. The summed E-state index contributed by atoms with van der Waals surface area (Å²) in [5.74, 6) is 1.61. The summed E-state index contributed by atoms with van der Waals surface area (Å²) in [6.07, 6.45) is 0.806. The van der Waals surface area contributed by atoms with Crippen molar-refractivity contribution in [2.24, 2.45) is 0 Å². The quantitative estimate of drug-likeness (QED) is 0.689. The van der Waals surface area contributed by atoms with Crippen molar-refractivity contribution in [3.63, 3.8) is 0 Å². The molecular weight excluding hydrogens is 282 g/mol. The van der Waals surface area contributed by atoms with Gasteiger partial charge in [0.1, 0.15) is 11.5 Å². The minimum atomic E-state index is 0.585. The molecule has 0 saturated carbocycles. The zero-order valence-electron chi connectivity index (χ0n) is 11.2. The molecule has 21 heavy (non-hydrogen) atoms. The second-order valence-electron chi connectivity index (χ2n) is 4.38. The molecule has 3 aromatic rings. The Balaban J connectivity index is 1.67. The van der Waals surface area contributed by atoms with Gasteiger partial charge >= 0.3 is 0 Å². The number of para-hydroxylation sites is 1. The number of rotatable bonds is 5. The van der Waals surface area contributed by atoms with Crippen molar-refractivity contribution in [2.75, 3.05) is 0 Å². The summed E-state index contributed by atoms with van der Waals surface area (Å²) in [5.41, 5.74) is 0.585. The lowest BCUT2D eigenvalue weighted by Gasteiger charge is -2.06. The first-order valence-corrected chi connectivity index (χ1v) is 7.30. The number of hydrogen-bond acceptors (Lipinski definition) is 3. The molecular formula is C17H13NO2S. The molecule has 0 aliphatic rings. The molecule has 0 saturated heterocycles. The predicted molar refractivity (Wildman–Crippen MR) is 83.3 cm³/mol. The molecule has 1 aromatic heterocycles. The van der Waals surface area contributed by atoms with Crippen LogP contribution in [0, 0.1) is 0 Å². The molecule has 0 atom stereocenters. The van der Waals surface area contributed by atoms with Gasteiger partial charge in [0.25, 0.3) is 0 Å². The van der Waals surface area contributed by atoms with Crippen LogP contribution in [-0.4, -0.2) is 11.3 Å². The number of hydrogen-bond donors (Lipinski definition) is 1. The lowest BCUT2D eigenvalue weighted by molar-refractivity contribution is 0.111. The van der Waals surface area contributed by atoms with Crippen molar-refractivity contribution in [3.05, 3.63) is 72.4 Å². The van der Waals surface area contributed by atoms with Crippen LogP contribution in [0.4, 0.5) is 0 Å². The van der Waals surface area contributed by atoms with Crippen molar-refractivity contribution in [3.8, 4) is 11.5 Å². The van der Waals surface area contributed by atoms with Gasteiger partial charge < -0.3 is 9.72 Å². The molecule has 0 spiro atoms. The predicted octanol–water partition coefficient (Wildman–Crippen LogP) is 4.77. The topological polar surface area (TPSA) is 42.1 Å². The van der Waals surface area contributed by atoms with Gasteiger partial charge in [-0.3, -0.25) is 4.79 Å². The number of H-pyrrole nitrogens is 1. The fraction of sp³-hybridized carbons (Fsp3) is 0. The van der Waals surface area contributed by atoms with E-state index in [0.29, 0.717) is 5.69 Å². The highest BCUT2D eigenvalue weighted by molar-refractivity contribution is 7.99. The molecule has 1 heterocycles. The largest absolute Gasteiger partial charge is 0.457 e. The van der Waals surface area contributed by atoms with E-state index in [-0.39, 0.29) is 0 Å². The van der Waals surface area contributed by atoms with Crippen molar-refractivity contribution in [1.82, 2.24) is 4.98 Å². The minimum Gasteiger partial charge on any atom is -0.457 e. The van der Waals surface area contributed by atoms with E-state index in [9.17, 15) is 4.79 Å². The van der Waals surface area contributed by atoms with Crippen LogP contribution < -0.4 is 4.74 Å². The van der Waals surface area contributed by atoms with Crippen LogP contribution in [0.25, 0.3) is 0 Å². The van der Waals surface area contributed by atoms with Gasteiger partial charge in [-0.05, 0) is 48.5 Å². The molecule has 0 radical (unpaired) electrons. The number of carbonyl (C=O) groups is 1. The van der Waals surface area contributed by atoms with Crippen molar-refractivity contribution in [1.29, 1.82) is 0 Å². The Morgan fingerprint density at radius 3 is 2.24 bits per heavy atom. The monoisotopic (exact) mass is 295 g/mol. The Hall–Kier alpha value is -2.46. The lowest BCUT2D eigenvalue weighted by atomic mass is 10.3.